The quantitative estimate of drug-likeness (QED) is 0.623. The molecular weight excluding hydrogens is 384 g/mol. The van der Waals surface area contributed by atoms with Crippen LogP contribution in [0.15, 0.2) is 71.8 Å². The van der Waals surface area contributed by atoms with Gasteiger partial charge in [-0.3, -0.25) is 9.11 Å². The van der Waals surface area contributed by atoms with Crippen LogP contribution in [-0.4, -0.2) is 27.1 Å². The molecule has 0 bridgehead atoms. The van der Waals surface area contributed by atoms with Crippen molar-refractivity contribution in [1.82, 2.24) is 9.55 Å². The van der Waals surface area contributed by atoms with Crippen LogP contribution in [-0.2, 0) is 16.9 Å². The molecule has 0 amide bonds. The van der Waals surface area contributed by atoms with Gasteiger partial charge in [0.1, 0.15) is 5.82 Å². The summed E-state index contributed by atoms with van der Waals surface area (Å²) in [5, 5.41) is 0.452. The predicted octanol–water partition coefficient (Wildman–Crippen LogP) is 4.52. The first-order valence-electron chi connectivity index (χ1n) is 8.44. The van der Waals surface area contributed by atoms with E-state index in [0.29, 0.717) is 5.25 Å². The fourth-order valence-corrected chi connectivity index (χ4v) is 4.19. The van der Waals surface area contributed by atoms with Gasteiger partial charge in [0, 0.05) is 23.2 Å². The predicted molar refractivity (Wildman–Crippen MR) is 106 cm³/mol. The number of rotatable bonds is 3. The van der Waals surface area contributed by atoms with E-state index in [2.05, 4.69) is 65.4 Å². The van der Waals surface area contributed by atoms with E-state index in [-0.39, 0.29) is 0 Å². The number of hydrogen-bond donors (Lipinski definition) is 2. The Morgan fingerprint density at radius 3 is 2.22 bits per heavy atom. The fraction of sp³-hybridized carbons (Fsp3) is 0.211. The van der Waals surface area contributed by atoms with E-state index < -0.39 is 10.4 Å². The Kier molecular flexibility index (Phi) is 6.33. The molecule has 6 nitrogen and oxygen atoms in total. The van der Waals surface area contributed by atoms with Gasteiger partial charge in [0.25, 0.3) is 0 Å². The third-order valence-corrected chi connectivity index (χ3v) is 5.33. The average Bonchev–Trinajstić information content (AvgIpc) is 3.07. The summed E-state index contributed by atoms with van der Waals surface area (Å²) >= 11 is 1.93. The van der Waals surface area contributed by atoms with Gasteiger partial charge in [-0.05, 0) is 25.0 Å². The first-order chi connectivity index (χ1) is 12.9. The summed E-state index contributed by atoms with van der Waals surface area (Å²) in [6.07, 6.45) is 4.63. The van der Waals surface area contributed by atoms with Gasteiger partial charge in [-0.15, -0.1) is 11.8 Å². The van der Waals surface area contributed by atoms with Gasteiger partial charge in [-0.25, -0.2) is 4.98 Å². The Balaban J connectivity index is 0.000000376. The minimum Gasteiger partial charge on any atom is -0.333 e. The summed E-state index contributed by atoms with van der Waals surface area (Å²) in [7, 11) is -4.67. The third-order valence-electron chi connectivity index (χ3n) is 4.05. The standard InChI is InChI=1S/C19H18N2S.H2O4S/c1-3-8-15(9-4-1)17-14-21-13-7-12-18(19(21)20-17)22-16-10-5-2-6-11-16;1-5(2,3)4/h1-6,8-11,14,18H,7,12-13H2;(H2,1,2,3,4). The maximum Gasteiger partial charge on any atom is 0.394 e. The molecule has 0 fully saturated rings. The van der Waals surface area contributed by atoms with E-state index in [9.17, 15) is 0 Å². The number of benzene rings is 2. The number of hydrogen-bond acceptors (Lipinski definition) is 4. The van der Waals surface area contributed by atoms with Gasteiger partial charge >= 0.3 is 10.4 Å². The molecule has 4 rings (SSSR count). The molecule has 1 aliphatic heterocycles. The highest BCUT2D eigenvalue weighted by Crippen LogP contribution is 2.41. The summed E-state index contributed by atoms with van der Waals surface area (Å²) in [6.45, 7) is 1.08. The molecule has 1 unspecified atom stereocenters. The number of aryl methyl sites for hydroxylation is 1. The number of thioether (sulfide) groups is 1. The molecule has 0 spiro atoms. The van der Waals surface area contributed by atoms with Crippen molar-refractivity contribution >= 4 is 22.2 Å². The van der Waals surface area contributed by atoms with Crippen molar-refractivity contribution in [2.24, 2.45) is 0 Å². The largest absolute Gasteiger partial charge is 0.394 e. The Hall–Kier alpha value is -2.13. The Morgan fingerprint density at radius 1 is 1.00 bits per heavy atom. The lowest BCUT2D eigenvalue weighted by molar-refractivity contribution is 0.381. The van der Waals surface area contributed by atoms with Crippen molar-refractivity contribution < 1.29 is 17.5 Å². The van der Waals surface area contributed by atoms with Crippen molar-refractivity contribution in [2.75, 3.05) is 0 Å². The van der Waals surface area contributed by atoms with E-state index >= 15 is 0 Å². The number of fused-ring (bicyclic) bond motifs is 1. The topological polar surface area (TPSA) is 92.4 Å². The number of aromatic nitrogens is 2. The maximum atomic E-state index is 8.74. The third kappa shape index (κ3) is 5.93. The minimum atomic E-state index is -4.67. The van der Waals surface area contributed by atoms with Gasteiger partial charge in [-0.1, -0.05) is 48.5 Å². The van der Waals surface area contributed by atoms with E-state index in [1.54, 1.807) is 0 Å². The number of nitrogens with zero attached hydrogens (tertiary/aromatic N) is 2. The molecule has 0 saturated heterocycles. The zero-order chi connectivity index (χ0) is 19.3. The maximum absolute atomic E-state index is 8.74. The molecular formula is C19H20N2O4S2. The van der Waals surface area contributed by atoms with Crippen molar-refractivity contribution in [1.29, 1.82) is 0 Å². The Labute approximate surface area is 162 Å². The van der Waals surface area contributed by atoms with E-state index in [4.69, 9.17) is 22.5 Å². The Bertz CT molecular complexity index is 965. The fourth-order valence-electron chi connectivity index (χ4n) is 2.97. The summed E-state index contributed by atoms with van der Waals surface area (Å²) in [6, 6.07) is 21.1. The van der Waals surface area contributed by atoms with E-state index in [1.165, 1.54) is 29.1 Å². The van der Waals surface area contributed by atoms with Crippen LogP contribution >= 0.6 is 11.8 Å². The lowest BCUT2D eigenvalue weighted by Gasteiger charge is -2.22. The molecule has 1 aliphatic rings. The van der Waals surface area contributed by atoms with Crippen LogP contribution < -0.4 is 0 Å². The first kappa shape index (κ1) is 19.6. The normalized spacial score (nSPS) is 16.1. The van der Waals surface area contributed by atoms with Crippen molar-refractivity contribution in [2.45, 2.75) is 29.5 Å². The highest BCUT2D eigenvalue weighted by Gasteiger charge is 2.24. The second-order valence-electron chi connectivity index (χ2n) is 6.05. The summed E-state index contributed by atoms with van der Waals surface area (Å²) in [5.74, 6) is 1.22. The lowest BCUT2D eigenvalue weighted by Crippen LogP contribution is -2.13. The zero-order valence-corrected chi connectivity index (χ0v) is 16.1. The molecule has 27 heavy (non-hydrogen) atoms. The summed E-state index contributed by atoms with van der Waals surface area (Å²) < 4.78 is 33.9. The van der Waals surface area contributed by atoms with E-state index in [0.717, 1.165) is 12.2 Å². The average molecular weight is 405 g/mol. The second-order valence-corrected chi connectivity index (χ2v) is 8.23. The molecule has 2 N–H and O–H groups in total. The van der Waals surface area contributed by atoms with Crippen molar-refractivity contribution in [3.05, 3.63) is 72.7 Å². The molecule has 2 heterocycles. The van der Waals surface area contributed by atoms with Gasteiger partial charge in [-0.2, -0.15) is 8.42 Å². The molecule has 0 aliphatic carbocycles. The van der Waals surface area contributed by atoms with Crippen LogP contribution in [0.4, 0.5) is 0 Å². The molecule has 2 aromatic carbocycles. The number of imidazole rings is 1. The van der Waals surface area contributed by atoms with Gasteiger partial charge in [0.2, 0.25) is 0 Å². The first-order valence-corrected chi connectivity index (χ1v) is 10.7. The highest BCUT2D eigenvalue weighted by molar-refractivity contribution is 7.99. The zero-order valence-electron chi connectivity index (χ0n) is 14.5. The monoisotopic (exact) mass is 404 g/mol. The van der Waals surface area contributed by atoms with Crippen LogP contribution in [0.25, 0.3) is 11.3 Å². The molecule has 3 aromatic rings. The molecule has 142 valence electrons. The molecule has 0 radical (unpaired) electrons. The van der Waals surface area contributed by atoms with Crippen LogP contribution in [0.3, 0.4) is 0 Å². The van der Waals surface area contributed by atoms with Gasteiger partial charge < -0.3 is 4.57 Å². The van der Waals surface area contributed by atoms with Crippen LogP contribution in [0.1, 0.15) is 23.9 Å². The molecule has 1 aromatic heterocycles. The molecule has 0 saturated carbocycles. The highest BCUT2D eigenvalue weighted by atomic mass is 32.3. The van der Waals surface area contributed by atoms with E-state index in [1.807, 2.05) is 17.8 Å². The lowest BCUT2D eigenvalue weighted by atomic mass is 10.1. The van der Waals surface area contributed by atoms with Gasteiger partial charge in [0.15, 0.2) is 0 Å². The summed E-state index contributed by atoms with van der Waals surface area (Å²) in [4.78, 5) is 6.27. The van der Waals surface area contributed by atoms with Gasteiger partial charge in [0.05, 0.1) is 10.9 Å². The van der Waals surface area contributed by atoms with Crippen molar-refractivity contribution in [3.8, 4) is 11.3 Å². The van der Waals surface area contributed by atoms with Crippen LogP contribution in [0, 0.1) is 0 Å². The van der Waals surface area contributed by atoms with Crippen LogP contribution in [0.5, 0.6) is 0 Å². The Morgan fingerprint density at radius 2 is 1.59 bits per heavy atom. The SMILES string of the molecule is O=S(=O)(O)O.c1ccc(SC2CCCn3cc(-c4ccccc4)nc32)cc1. The van der Waals surface area contributed by atoms with Crippen molar-refractivity contribution in [3.63, 3.8) is 0 Å². The summed E-state index contributed by atoms with van der Waals surface area (Å²) in [5.41, 5.74) is 2.30. The molecule has 1 atom stereocenters. The van der Waals surface area contributed by atoms with Crippen LogP contribution in [0.2, 0.25) is 0 Å². The minimum absolute atomic E-state index is 0.452. The molecule has 8 heteroatoms. The second kappa shape index (κ2) is 8.71. The smallest absolute Gasteiger partial charge is 0.333 e.